The van der Waals surface area contributed by atoms with Gasteiger partial charge in [0, 0.05) is 44.1 Å². The van der Waals surface area contributed by atoms with Gasteiger partial charge in [-0.2, -0.15) is 0 Å². The Morgan fingerprint density at radius 1 is 1.33 bits per heavy atom. The zero-order chi connectivity index (χ0) is 14.2. The summed E-state index contributed by atoms with van der Waals surface area (Å²) in [5, 5.41) is 3.54. The minimum Gasteiger partial charge on any atom is -0.466 e. The Balaban J connectivity index is 0.00000161. The van der Waals surface area contributed by atoms with E-state index < -0.39 is 0 Å². The molecule has 3 aliphatic rings. The molecule has 0 radical (unpaired) electrons. The Hall–Kier alpha value is -0.650. The van der Waals surface area contributed by atoms with Crippen molar-refractivity contribution in [3.05, 3.63) is 0 Å². The summed E-state index contributed by atoms with van der Waals surface area (Å²) in [7, 11) is 0. The monoisotopic (exact) mass is 316 g/mol. The van der Waals surface area contributed by atoms with E-state index in [4.69, 9.17) is 4.74 Å². The van der Waals surface area contributed by atoms with Crippen molar-refractivity contribution in [1.82, 2.24) is 10.2 Å². The number of piperidine rings is 1. The van der Waals surface area contributed by atoms with Crippen LogP contribution in [0.2, 0.25) is 0 Å². The molecule has 5 nitrogen and oxygen atoms in total. The number of carbonyl (C=O) groups excluding carboxylic acids is 2. The zero-order valence-corrected chi connectivity index (χ0v) is 13.4. The quantitative estimate of drug-likeness (QED) is 0.792. The molecule has 1 spiro atoms. The lowest BCUT2D eigenvalue weighted by molar-refractivity contribution is -0.147. The molecule has 1 aliphatic carbocycles. The first-order valence-corrected chi connectivity index (χ1v) is 7.79. The summed E-state index contributed by atoms with van der Waals surface area (Å²) in [6.45, 7) is 4.91. The lowest BCUT2D eigenvalue weighted by atomic mass is 9.69. The Bertz CT molecular complexity index is 400. The number of halogens is 1. The summed E-state index contributed by atoms with van der Waals surface area (Å²) in [6.07, 6.45) is 4.55. The molecule has 2 aliphatic heterocycles. The van der Waals surface area contributed by atoms with E-state index in [1.807, 2.05) is 6.92 Å². The molecule has 2 heterocycles. The van der Waals surface area contributed by atoms with Crippen molar-refractivity contribution in [1.29, 1.82) is 0 Å². The second kappa shape index (κ2) is 6.63. The highest BCUT2D eigenvalue weighted by atomic mass is 35.5. The van der Waals surface area contributed by atoms with Gasteiger partial charge in [0.1, 0.15) is 5.78 Å². The molecule has 1 N–H and O–H groups in total. The number of nitrogens with zero attached hydrogens (tertiary/aromatic N) is 1. The Morgan fingerprint density at radius 2 is 2.00 bits per heavy atom. The smallest absolute Gasteiger partial charge is 0.310 e. The van der Waals surface area contributed by atoms with Gasteiger partial charge in [-0.1, -0.05) is 0 Å². The Kier molecular flexibility index (Phi) is 5.28. The molecule has 3 rings (SSSR count). The number of likely N-dealkylation sites (tertiary alicyclic amines) is 1. The second-order valence-corrected chi connectivity index (χ2v) is 6.45. The molecule has 120 valence electrons. The molecule has 3 fully saturated rings. The highest BCUT2D eigenvalue weighted by molar-refractivity contribution is 5.85. The van der Waals surface area contributed by atoms with Crippen LogP contribution in [0.1, 0.15) is 39.0 Å². The van der Waals surface area contributed by atoms with E-state index in [1.165, 1.54) is 0 Å². The van der Waals surface area contributed by atoms with Crippen LogP contribution in [0.3, 0.4) is 0 Å². The van der Waals surface area contributed by atoms with Gasteiger partial charge in [0.2, 0.25) is 0 Å². The highest BCUT2D eigenvalue weighted by Crippen LogP contribution is 2.44. The van der Waals surface area contributed by atoms with E-state index >= 15 is 0 Å². The average Bonchev–Trinajstić information content (AvgIpc) is 2.84. The average molecular weight is 317 g/mol. The molecule has 0 aromatic heterocycles. The van der Waals surface area contributed by atoms with Gasteiger partial charge in [-0.25, -0.2) is 0 Å². The van der Waals surface area contributed by atoms with E-state index in [9.17, 15) is 9.59 Å². The number of Topliss-reactive ketones (excluding diaryl/α,β-unsaturated/α-hetero) is 1. The third-order valence-electron chi connectivity index (χ3n) is 5.11. The molecule has 2 saturated heterocycles. The topological polar surface area (TPSA) is 58.6 Å². The molecular weight excluding hydrogens is 292 g/mol. The first-order valence-electron chi connectivity index (χ1n) is 7.79. The first-order chi connectivity index (χ1) is 9.62. The maximum Gasteiger partial charge on any atom is 0.310 e. The second-order valence-electron chi connectivity index (χ2n) is 6.45. The molecule has 0 aromatic carbocycles. The van der Waals surface area contributed by atoms with Crippen LogP contribution < -0.4 is 5.32 Å². The van der Waals surface area contributed by atoms with E-state index in [0.29, 0.717) is 31.3 Å². The lowest BCUT2D eigenvalue weighted by Gasteiger charge is -2.51. The van der Waals surface area contributed by atoms with E-state index in [2.05, 4.69) is 10.2 Å². The number of hydrogen-bond donors (Lipinski definition) is 1. The number of carbonyl (C=O) groups is 2. The van der Waals surface area contributed by atoms with Gasteiger partial charge in [-0.05, 0) is 26.2 Å². The van der Waals surface area contributed by atoms with Crippen LogP contribution in [-0.2, 0) is 14.3 Å². The maximum absolute atomic E-state index is 11.8. The summed E-state index contributed by atoms with van der Waals surface area (Å²) < 4.78 is 5.12. The predicted octanol–water partition coefficient (Wildman–Crippen LogP) is 1.15. The van der Waals surface area contributed by atoms with Crippen molar-refractivity contribution in [3.63, 3.8) is 0 Å². The van der Waals surface area contributed by atoms with Crippen LogP contribution >= 0.6 is 12.4 Å². The molecule has 1 unspecified atom stereocenters. The molecule has 0 amide bonds. The minimum absolute atomic E-state index is 0. The number of ether oxygens (including phenoxy) is 1. The van der Waals surface area contributed by atoms with Crippen molar-refractivity contribution in [2.24, 2.45) is 5.92 Å². The fourth-order valence-electron chi connectivity index (χ4n) is 3.93. The van der Waals surface area contributed by atoms with Crippen molar-refractivity contribution in [2.75, 3.05) is 26.2 Å². The molecule has 6 heteroatoms. The molecule has 1 saturated carbocycles. The van der Waals surface area contributed by atoms with Gasteiger partial charge in [0.15, 0.2) is 0 Å². The number of hydrogen-bond acceptors (Lipinski definition) is 5. The highest BCUT2D eigenvalue weighted by Gasteiger charge is 2.52. The van der Waals surface area contributed by atoms with Crippen LogP contribution in [0, 0.1) is 5.92 Å². The zero-order valence-electron chi connectivity index (χ0n) is 12.6. The largest absolute Gasteiger partial charge is 0.466 e. The molecule has 21 heavy (non-hydrogen) atoms. The van der Waals surface area contributed by atoms with Gasteiger partial charge in [0.05, 0.1) is 12.5 Å². The first kappa shape index (κ1) is 16.7. The van der Waals surface area contributed by atoms with E-state index in [0.717, 1.165) is 38.9 Å². The SMILES string of the molecule is CCOC(=O)C1CNC2(C1)CC(N1CCC(=O)CC1)C2.Cl. The van der Waals surface area contributed by atoms with E-state index in [-0.39, 0.29) is 29.8 Å². The summed E-state index contributed by atoms with van der Waals surface area (Å²) in [5.41, 5.74) is 0.156. The number of ketones is 1. The minimum atomic E-state index is -0.0519. The Labute approximate surface area is 132 Å². The van der Waals surface area contributed by atoms with E-state index in [1.54, 1.807) is 0 Å². The third kappa shape index (κ3) is 3.41. The summed E-state index contributed by atoms with van der Waals surface area (Å²) in [6, 6.07) is 0.594. The van der Waals surface area contributed by atoms with Crippen LogP contribution in [0.25, 0.3) is 0 Å². The molecular formula is C15H25ClN2O3. The standard InChI is InChI=1S/C15H24N2O3.ClH/c1-2-20-14(19)11-7-15(16-10-11)8-12(9-15)17-5-3-13(18)4-6-17;/h11-12,16H,2-10H2,1H3;1H. The summed E-state index contributed by atoms with van der Waals surface area (Å²) in [4.78, 5) is 25.5. The summed E-state index contributed by atoms with van der Waals surface area (Å²) >= 11 is 0. The van der Waals surface area contributed by atoms with Crippen molar-refractivity contribution in [3.8, 4) is 0 Å². The number of esters is 1. The van der Waals surface area contributed by atoms with Gasteiger partial charge < -0.3 is 10.1 Å². The van der Waals surface area contributed by atoms with Crippen LogP contribution in [0.5, 0.6) is 0 Å². The van der Waals surface area contributed by atoms with Gasteiger partial charge in [0.25, 0.3) is 0 Å². The lowest BCUT2D eigenvalue weighted by Crippen LogP contribution is -2.60. The number of rotatable bonds is 3. The molecule has 0 bridgehead atoms. The normalized spacial score (nSPS) is 36.1. The van der Waals surface area contributed by atoms with Crippen LogP contribution in [0.15, 0.2) is 0 Å². The van der Waals surface area contributed by atoms with Gasteiger partial charge in [-0.15, -0.1) is 12.4 Å². The summed E-state index contributed by atoms with van der Waals surface area (Å²) in [5.74, 6) is 0.374. The van der Waals surface area contributed by atoms with Gasteiger partial charge in [-0.3, -0.25) is 14.5 Å². The van der Waals surface area contributed by atoms with Crippen LogP contribution in [0.4, 0.5) is 0 Å². The van der Waals surface area contributed by atoms with Crippen molar-refractivity contribution >= 4 is 24.2 Å². The third-order valence-corrected chi connectivity index (χ3v) is 5.11. The fraction of sp³-hybridized carbons (Fsp3) is 0.867. The van der Waals surface area contributed by atoms with Crippen LogP contribution in [-0.4, -0.2) is 54.5 Å². The number of nitrogens with one attached hydrogen (secondary N) is 1. The van der Waals surface area contributed by atoms with Crippen molar-refractivity contribution < 1.29 is 14.3 Å². The van der Waals surface area contributed by atoms with Crippen molar-refractivity contribution in [2.45, 2.75) is 50.6 Å². The Morgan fingerprint density at radius 3 is 2.62 bits per heavy atom. The maximum atomic E-state index is 11.8. The molecule has 0 aromatic rings. The molecule has 1 atom stereocenters. The predicted molar refractivity (Wildman–Crippen MR) is 81.6 cm³/mol. The van der Waals surface area contributed by atoms with Gasteiger partial charge >= 0.3 is 5.97 Å². The fourth-order valence-corrected chi connectivity index (χ4v) is 3.93.